The molecule has 0 aromatic heterocycles. The molecule has 0 spiro atoms. The van der Waals surface area contributed by atoms with Gasteiger partial charge in [0.05, 0.1) is 16.5 Å². The first-order chi connectivity index (χ1) is 10.9. The highest BCUT2D eigenvalue weighted by atomic mass is 35.5. The van der Waals surface area contributed by atoms with Gasteiger partial charge in [-0.1, -0.05) is 59.6 Å². The molecule has 1 N–H and O–H groups in total. The van der Waals surface area contributed by atoms with Gasteiger partial charge in [-0.2, -0.15) is 0 Å². The third-order valence-electron chi connectivity index (χ3n) is 3.91. The molecule has 0 fully saturated rings. The molecule has 2 aromatic carbocycles. The van der Waals surface area contributed by atoms with Gasteiger partial charge in [0.2, 0.25) is 0 Å². The summed E-state index contributed by atoms with van der Waals surface area (Å²) in [4.78, 5) is 0.0130. The summed E-state index contributed by atoms with van der Waals surface area (Å²) in [5, 5.41) is 10.2. The second-order valence-corrected chi connectivity index (χ2v) is 8.08. The Labute approximate surface area is 142 Å². The van der Waals surface area contributed by atoms with Gasteiger partial charge in [-0.3, -0.25) is 0 Å². The molecule has 1 atom stereocenters. The van der Waals surface area contributed by atoms with Crippen molar-refractivity contribution in [3.8, 4) is 0 Å². The second kappa shape index (κ2) is 6.87. The largest absolute Gasteiger partial charge is 0.394 e. The quantitative estimate of drug-likeness (QED) is 0.804. The van der Waals surface area contributed by atoms with Crippen LogP contribution in [0.5, 0.6) is 0 Å². The summed E-state index contributed by atoms with van der Waals surface area (Å²) in [5.41, 5.74) is 1.44. The Kier molecular flexibility index (Phi) is 5.30. The Hall–Kier alpha value is -1.62. The number of halogens is 1. The fourth-order valence-corrected chi connectivity index (χ4v) is 5.05. The van der Waals surface area contributed by atoms with Crippen LogP contribution in [0.3, 0.4) is 0 Å². The number of aryl methyl sites for hydroxylation is 1. The molecule has 2 aromatic rings. The van der Waals surface area contributed by atoms with Crippen molar-refractivity contribution in [1.82, 2.24) is 0 Å². The minimum absolute atomic E-state index is 0.0130. The van der Waals surface area contributed by atoms with E-state index in [0.29, 0.717) is 5.56 Å². The monoisotopic (exact) mass is 350 g/mol. The highest BCUT2D eigenvalue weighted by molar-refractivity contribution is 7.92. The topological polar surface area (TPSA) is 54.4 Å². The van der Waals surface area contributed by atoms with E-state index in [0.717, 1.165) is 5.56 Å². The second-order valence-electron chi connectivity index (χ2n) is 5.45. The van der Waals surface area contributed by atoms with E-state index in [4.69, 9.17) is 11.6 Å². The lowest BCUT2D eigenvalue weighted by atomic mass is 9.94. The molecular formula is C18H19ClO3S. The molecule has 0 saturated heterocycles. The highest BCUT2D eigenvalue weighted by Crippen LogP contribution is 2.41. The van der Waals surface area contributed by atoms with E-state index >= 15 is 0 Å². The number of hydrogen-bond acceptors (Lipinski definition) is 3. The van der Waals surface area contributed by atoms with E-state index in [-0.39, 0.29) is 16.3 Å². The van der Waals surface area contributed by atoms with E-state index in [2.05, 4.69) is 6.58 Å². The van der Waals surface area contributed by atoms with Gasteiger partial charge < -0.3 is 5.11 Å². The van der Waals surface area contributed by atoms with Crippen LogP contribution in [0.4, 0.5) is 0 Å². The normalized spacial score (nSPS) is 14.2. The van der Waals surface area contributed by atoms with Gasteiger partial charge in [0.15, 0.2) is 9.84 Å². The summed E-state index contributed by atoms with van der Waals surface area (Å²) >= 11 is 6.10. The van der Waals surface area contributed by atoms with E-state index in [1.807, 2.05) is 13.0 Å². The number of hydrogen-bond donors (Lipinski definition) is 1. The van der Waals surface area contributed by atoms with E-state index in [9.17, 15) is 13.5 Å². The Balaban J connectivity index is 2.77. The van der Waals surface area contributed by atoms with Crippen molar-refractivity contribution in [3.05, 3.63) is 77.3 Å². The van der Waals surface area contributed by atoms with Crippen molar-refractivity contribution in [2.45, 2.75) is 23.0 Å². The average Bonchev–Trinajstić information content (AvgIpc) is 2.52. The predicted molar refractivity (Wildman–Crippen MR) is 93.4 cm³/mol. The van der Waals surface area contributed by atoms with Crippen LogP contribution in [0.2, 0.25) is 5.02 Å². The Morgan fingerprint density at radius 2 is 1.91 bits per heavy atom. The fourth-order valence-electron chi connectivity index (χ4n) is 2.66. The van der Waals surface area contributed by atoms with Gasteiger partial charge in [-0.15, -0.1) is 6.58 Å². The van der Waals surface area contributed by atoms with Crippen LogP contribution in [0.15, 0.2) is 66.1 Å². The van der Waals surface area contributed by atoms with Crippen molar-refractivity contribution in [2.75, 3.05) is 6.61 Å². The van der Waals surface area contributed by atoms with Crippen molar-refractivity contribution in [2.24, 2.45) is 0 Å². The lowest BCUT2D eigenvalue weighted by molar-refractivity contribution is 0.241. The molecule has 5 heteroatoms. The zero-order valence-electron chi connectivity index (χ0n) is 12.9. The molecule has 0 aliphatic heterocycles. The van der Waals surface area contributed by atoms with Crippen molar-refractivity contribution in [3.63, 3.8) is 0 Å². The maximum Gasteiger partial charge on any atom is 0.192 e. The van der Waals surface area contributed by atoms with Crippen LogP contribution in [0.25, 0.3) is 0 Å². The zero-order chi connectivity index (χ0) is 17.1. The van der Waals surface area contributed by atoms with Crippen molar-refractivity contribution >= 4 is 21.4 Å². The van der Waals surface area contributed by atoms with Gasteiger partial charge in [0.1, 0.15) is 4.75 Å². The van der Waals surface area contributed by atoms with E-state index in [1.165, 1.54) is 18.2 Å². The van der Waals surface area contributed by atoms with E-state index < -0.39 is 21.2 Å². The average molecular weight is 351 g/mol. The van der Waals surface area contributed by atoms with Gasteiger partial charge in [-0.05, 0) is 31.0 Å². The predicted octanol–water partition coefficient (Wildman–Crippen LogP) is 3.89. The first-order valence-corrected chi connectivity index (χ1v) is 9.03. The number of aliphatic hydroxyl groups is 1. The first kappa shape index (κ1) is 17.7. The Bertz CT molecular complexity index is 815. The molecule has 0 heterocycles. The summed E-state index contributed by atoms with van der Waals surface area (Å²) in [5.74, 6) is 0. The third-order valence-corrected chi connectivity index (χ3v) is 6.85. The summed E-state index contributed by atoms with van der Waals surface area (Å²) in [6.45, 7) is 4.98. The SMILES string of the molecule is C=CCC(CO)(c1cccc(C)c1)S(=O)(=O)c1ccccc1Cl. The highest BCUT2D eigenvalue weighted by Gasteiger charge is 2.45. The van der Waals surface area contributed by atoms with Gasteiger partial charge in [0.25, 0.3) is 0 Å². The molecule has 0 aliphatic carbocycles. The van der Waals surface area contributed by atoms with Crippen LogP contribution in [0, 0.1) is 6.92 Å². The number of aliphatic hydroxyl groups excluding tert-OH is 1. The molecule has 0 bridgehead atoms. The lowest BCUT2D eigenvalue weighted by Crippen LogP contribution is -2.39. The molecule has 122 valence electrons. The Morgan fingerprint density at radius 1 is 1.22 bits per heavy atom. The van der Waals surface area contributed by atoms with Crippen LogP contribution < -0.4 is 0 Å². The van der Waals surface area contributed by atoms with Gasteiger partial charge in [-0.25, -0.2) is 8.42 Å². The minimum atomic E-state index is -3.93. The van der Waals surface area contributed by atoms with Crippen LogP contribution >= 0.6 is 11.6 Å². The first-order valence-electron chi connectivity index (χ1n) is 7.17. The maximum atomic E-state index is 13.3. The molecule has 23 heavy (non-hydrogen) atoms. The summed E-state index contributed by atoms with van der Waals surface area (Å²) < 4.78 is 25.1. The smallest absolute Gasteiger partial charge is 0.192 e. The van der Waals surface area contributed by atoms with Gasteiger partial charge >= 0.3 is 0 Å². The van der Waals surface area contributed by atoms with Gasteiger partial charge in [0, 0.05) is 0 Å². The van der Waals surface area contributed by atoms with Crippen LogP contribution in [-0.2, 0) is 14.6 Å². The number of sulfone groups is 1. The summed E-state index contributed by atoms with van der Waals surface area (Å²) in [7, 11) is -3.93. The third kappa shape index (κ3) is 3.07. The molecule has 0 aliphatic rings. The molecule has 1 unspecified atom stereocenters. The molecule has 0 radical (unpaired) electrons. The lowest BCUT2D eigenvalue weighted by Gasteiger charge is -2.31. The van der Waals surface area contributed by atoms with Crippen molar-refractivity contribution < 1.29 is 13.5 Å². The number of rotatable bonds is 6. The minimum Gasteiger partial charge on any atom is -0.394 e. The molecule has 0 amide bonds. The van der Waals surface area contributed by atoms with Crippen LogP contribution in [-0.4, -0.2) is 20.1 Å². The summed E-state index contributed by atoms with van der Waals surface area (Å²) in [6.07, 6.45) is 1.59. The molecular weight excluding hydrogens is 332 g/mol. The zero-order valence-corrected chi connectivity index (χ0v) is 14.4. The number of allylic oxidation sites excluding steroid dienone is 1. The molecule has 3 nitrogen and oxygen atoms in total. The van der Waals surface area contributed by atoms with E-state index in [1.54, 1.807) is 30.3 Å². The molecule has 2 rings (SSSR count). The number of benzene rings is 2. The maximum absolute atomic E-state index is 13.3. The Morgan fingerprint density at radius 3 is 2.48 bits per heavy atom. The summed E-state index contributed by atoms with van der Waals surface area (Å²) in [6, 6.07) is 13.4. The molecule has 0 saturated carbocycles. The standard InChI is InChI=1S/C18H19ClO3S/c1-3-11-18(13-20,15-8-6-7-14(2)12-15)23(21,22)17-10-5-4-9-16(17)19/h3-10,12,20H,1,11,13H2,2H3. The fraction of sp³-hybridized carbons (Fsp3) is 0.222. The van der Waals surface area contributed by atoms with Crippen molar-refractivity contribution in [1.29, 1.82) is 0 Å². The van der Waals surface area contributed by atoms with Crippen LogP contribution in [0.1, 0.15) is 17.5 Å².